The van der Waals surface area contributed by atoms with Crippen molar-refractivity contribution in [1.82, 2.24) is 0 Å². The lowest BCUT2D eigenvalue weighted by Gasteiger charge is -2.42. The standard InChI is InChI=1S/C12H21OS.C8HF17O3S/c13-8-10-14-9-4-3-7-12(14)11-5-1-2-6-11;9-1(10,3(13,14)5(17,18)7(21,22)23)2(11,12)4(15,16)6(19,20)8(24,25)29(26,27)28/h8,11-12H,1-7,9-10H2;(H,26,27,28)/q+1;/p-1. The Kier molecular flexibility index (Phi) is 11.6. The highest BCUT2D eigenvalue weighted by atomic mass is 32.2. The van der Waals surface area contributed by atoms with E-state index >= 15 is 0 Å². The molecule has 1 saturated carbocycles. The van der Waals surface area contributed by atoms with Gasteiger partial charge < -0.3 is 4.55 Å². The van der Waals surface area contributed by atoms with Crippen molar-refractivity contribution in [1.29, 1.82) is 0 Å². The lowest BCUT2D eigenvalue weighted by atomic mass is 9.91. The van der Waals surface area contributed by atoms with E-state index in [1.54, 1.807) is 0 Å². The van der Waals surface area contributed by atoms with Gasteiger partial charge in [0.1, 0.15) is 11.0 Å². The van der Waals surface area contributed by atoms with Gasteiger partial charge in [0.15, 0.2) is 22.2 Å². The third kappa shape index (κ3) is 6.67. The maximum Gasteiger partial charge on any atom is 0.460 e. The fourth-order valence-electron chi connectivity index (χ4n) is 4.39. The van der Waals surface area contributed by atoms with E-state index in [-0.39, 0.29) is 0 Å². The Morgan fingerprint density at radius 1 is 0.605 bits per heavy atom. The molecule has 0 aromatic heterocycles. The summed E-state index contributed by atoms with van der Waals surface area (Å²) in [4.78, 5) is 10.6. The Bertz CT molecular complexity index is 1070. The van der Waals surface area contributed by atoms with Gasteiger partial charge in [-0.2, -0.15) is 74.6 Å². The summed E-state index contributed by atoms with van der Waals surface area (Å²) in [5.41, 5.74) is 0. The van der Waals surface area contributed by atoms with Gasteiger partial charge in [0.25, 0.3) is 0 Å². The Morgan fingerprint density at radius 3 is 1.35 bits per heavy atom. The van der Waals surface area contributed by atoms with E-state index in [1.807, 2.05) is 0 Å². The predicted molar refractivity (Wildman–Crippen MR) is 113 cm³/mol. The molecule has 2 atom stereocenters. The minimum atomic E-state index is -8.92. The van der Waals surface area contributed by atoms with Crippen molar-refractivity contribution < 1.29 is 92.4 Å². The fraction of sp³-hybridized carbons (Fsp3) is 0.950. The van der Waals surface area contributed by atoms with E-state index in [9.17, 15) is 92.4 Å². The van der Waals surface area contributed by atoms with Crippen LogP contribution in [0.15, 0.2) is 0 Å². The van der Waals surface area contributed by atoms with E-state index in [4.69, 9.17) is 0 Å². The lowest BCUT2D eigenvalue weighted by molar-refractivity contribution is -0.458. The molecule has 2 rings (SSSR count). The molecule has 0 bridgehead atoms. The molecule has 0 radical (unpaired) electrons. The SMILES string of the molecule is O=CC[S+]1CCCCC1C1CCCC1.O=S(=O)([O-])C(F)(F)C(F)(F)C(F)(F)C(F)(F)C(F)(F)C(F)(F)C(F)(F)C(F)(F)F. The number of carbonyl (C=O) groups is 1. The highest BCUT2D eigenvalue weighted by Gasteiger charge is 2.95. The van der Waals surface area contributed by atoms with Crippen molar-refractivity contribution in [2.24, 2.45) is 5.92 Å². The third-order valence-corrected chi connectivity index (χ3v) is 10.5. The maximum atomic E-state index is 13.0. The minimum absolute atomic E-state index is 0.460. The van der Waals surface area contributed by atoms with Crippen LogP contribution in [-0.2, 0) is 25.8 Å². The number of carbonyl (C=O) groups excluding carboxylic acids is 1. The third-order valence-electron chi connectivity index (χ3n) is 6.79. The molecule has 256 valence electrons. The zero-order valence-electron chi connectivity index (χ0n) is 21.0. The molecule has 4 nitrogen and oxygen atoms in total. The van der Waals surface area contributed by atoms with Crippen LogP contribution in [0.5, 0.6) is 0 Å². The van der Waals surface area contributed by atoms with Crippen LogP contribution in [-0.4, -0.2) is 83.0 Å². The summed E-state index contributed by atoms with van der Waals surface area (Å²) in [6.45, 7) is 0. The monoisotopic (exact) mass is 712 g/mol. The first-order chi connectivity index (χ1) is 18.9. The van der Waals surface area contributed by atoms with Crippen molar-refractivity contribution in [2.75, 3.05) is 11.5 Å². The smallest absolute Gasteiger partial charge is 0.460 e. The summed E-state index contributed by atoms with van der Waals surface area (Å²) in [5, 5.41) is -7.03. The number of hydrogen-bond donors (Lipinski definition) is 0. The van der Waals surface area contributed by atoms with E-state index in [1.165, 1.54) is 50.7 Å². The van der Waals surface area contributed by atoms with Crippen molar-refractivity contribution in [3.05, 3.63) is 0 Å². The Hall–Kier alpha value is -1.26. The molecule has 0 aromatic carbocycles. The second-order valence-corrected chi connectivity index (χ2v) is 13.4. The molecule has 0 amide bonds. The van der Waals surface area contributed by atoms with Gasteiger partial charge in [0, 0.05) is 5.92 Å². The molecule has 23 heteroatoms. The number of hydrogen-bond acceptors (Lipinski definition) is 4. The topological polar surface area (TPSA) is 74.3 Å². The quantitative estimate of drug-likeness (QED) is 0.105. The van der Waals surface area contributed by atoms with Crippen LogP contribution in [0.3, 0.4) is 0 Å². The summed E-state index contributed by atoms with van der Waals surface area (Å²) in [7, 11) is -7.68. The number of rotatable bonds is 10. The van der Waals surface area contributed by atoms with E-state index in [2.05, 4.69) is 0 Å². The Balaban J connectivity index is 0.000000541. The summed E-state index contributed by atoms with van der Waals surface area (Å²) < 4.78 is 244. The van der Waals surface area contributed by atoms with Crippen LogP contribution >= 0.6 is 0 Å². The van der Waals surface area contributed by atoms with Crippen LogP contribution in [0.4, 0.5) is 74.6 Å². The van der Waals surface area contributed by atoms with Crippen LogP contribution < -0.4 is 0 Å². The van der Waals surface area contributed by atoms with Crippen LogP contribution in [0.1, 0.15) is 44.9 Å². The van der Waals surface area contributed by atoms with Gasteiger partial charge in [0.2, 0.25) is 0 Å². The largest absolute Gasteiger partial charge is 0.743 e. The Morgan fingerprint density at radius 2 is 0.977 bits per heavy atom. The van der Waals surface area contributed by atoms with Gasteiger partial charge >= 0.3 is 47.0 Å². The van der Waals surface area contributed by atoms with Crippen molar-refractivity contribution in [2.45, 2.75) is 97.2 Å². The normalized spacial score (nSPS) is 22.7. The molecule has 2 fully saturated rings. The van der Waals surface area contributed by atoms with Crippen molar-refractivity contribution in [3.8, 4) is 0 Å². The second-order valence-electron chi connectivity index (χ2n) is 9.57. The summed E-state index contributed by atoms with van der Waals surface area (Å²) in [6.07, 6.45) is 3.27. The molecular weight excluding hydrogens is 691 g/mol. The average Bonchev–Trinajstić information content (AvgIpc) is 3.37. The molecule has 0 N–H and O–H groups in total. The van der Waals surface area contributed by atoms with E-state index in [0.29, 0.717) is 10.9 Å². The first-order valence-electron chi connectivity index (χ1n) is 11.7. The molecule has 2 unspecified atom stereocenters. The molecular formula is C20H21F17O4S2. The summed E-state index contributed by atoms with van der Waals surface area (Å²) in [6, 6.07) is 0. The number of alkyl halides is 17. The van der Waals surface area contributed by atoms with E-state index < -0.39 is 57.1 Å². The number of aldehydes is 1. The van der Waals surface area contributed by atoms with Gasteiger partial charge in [-0.15, -0.1) is 0 Å². The van der Waals surface area contributed by atoms with Crippen LogP contribution in [0.25, 0.3) is 0 Å². The van der Waals surface area contributed by atoms with Gasteiger partial charge in [-0.05, 0) is 43.0 Å². The highest BCUT2D eigenvalue weighted by molar-refractivity contribution is 7.98. The van der Waals surface area contributed by atoms with Gasteiger partial charge in [-0.25, -0.2) is 8.42 Å². The molecule has 1 heterocycles. The number of halogens is 17. The molecule has 1 saturated heterocycles. The fourth-order valence-corrected chi connectivity index (χ4v) is 7.61. The summed E-state index contributed by atoms with van der Waals surface area (Å²) >= 11 is 0. The first-order valence-corrected chi connectivity index (χ1v) is 14.7. The van der Waals surface area contributed by atoms with Crippen LogP contribution in [0, 0.1) is 5.92 Å². The van der Waals surface area contributed by atoms with Gasteiger partial charge in [-0.1, -0.05) is 12.8 Å². The molecule has 0 spiro atoms. The van der Waals surface area contributed by atoms with Crippen molar-refractivity contribution >= 4 is 27.3 Å². The minimum Gasteiger partial charge on any atom is -0.743 e. The van der Waals surface area contributed by atoms with E-state index in [0.717, 1.165) is 23.2 Å². The average molecular weight is 712 g/mol. The zero-order valence-corrected chi connectivity index (χ0v) is 22.6. The predicted octanol–water partition coefficient (Wildman–Crippen LogP) is 7.04. The van der Waals surface area contributed by atoms with Crippen LogP contribution in [0.2, 0.25) is 0 Å². The molecule has 0 aromatic rings. The van der Waals surface area contributed by atoms with Gasteiger partial charge in [0.05, 0.1) is 0 Å². The summed E-state index contributed by atoms with van der Waals surface area (Å²) in [5.74, 6) is -48.9. The molecule has 2 aliphatic rings. The Labute approximate surface area is 234 Å². The zero-order chi connectivity index (χ0) is 34.3. The highest BCUT2D eigenvalue weighted by Crippen LogP contribution is 2.64. The van der Waals surface area contributed by atoms with Gasteiger partial charge in [-0.3, -0.25) is 4.79 Å². The lowest BCUT2D eigenvalue weighted by Crippen LogP contribution is -2.75. The molecule has 1 aliphatic carbocycles. The van der Waals surface area contributed by atoms with Crippen molar-refractivity contribution in [3.63, 3.8) is 0 Å². The maximum absolute atomic E-state index is 13.0. The first kappa shape index (κ1) is 39.8. The molecule has 43 heavy (non-hydrogen) atoms. The molecule has 1 aliphatic heterocycles. The second kappa shape index (κ2) is 12.5.